The summed E-state index contributed by atoms with van der Waals surface area (Å²) in [5.74, 6) is -1.36. The van der Waals surface area contributed by atoms with Crippen LogP contribution in [0.5, 0.6) is 0 Å². The minimum Gasteiger partial charge on any atom is -0.325 e. The molecule has 0 aromatic heterocycles. The summed E-state index contributed by atoms with van der Waals surface area (Å²) >= 11 is 1.15. The molecule has 2 aliphatic rings. The van der Waals surface area contributed by atoms with Crippen molar-refractivity contribution in [3.05, 3.63) is 39.9 Å². The molecule has 2 N–H and O–H groups in total. The standard InChI is InChI=1S/C22H24N4O2S/c1-14-6-7-18(15(2)10-14)25-19(27)13-29-21-17(12-24)22(8-4-3-5-9-22)16(11-23)20(28)26-21/h6-7,10,16H,3-5,8-9,13H2,1-2H3,(H,25,27)(H,26,28). The molecule has 1 spiro atoms. The highest BCUT2D eigenvalue weighted by molar-refractivity contribution is 8.03. The van der Waals surface area contributed by atoms with Gasteiger partial charge in [-0.15, -0.1) is 0 Å². The molecule has 1 heterocycles. The van der Waals surface area contributed by atoms with Crippen molar-refractivity contribution in [3.63, 3.8) is 0 Å². The van der Waals surface area contributed by atoms with Crippen molar-refractivity contribution in [2.75, 3.05) is 11.1 Å². The van der Waals surface area contributed by atoms with Gasteiger partial charge < -0.3 is 10.6 Å². The van der Waals surface area contributed by atoms with Gasteiger partial charge in [0.25, 0.3) is 0 Å². The van der Waals surface area contributed by atoms with Gasteiger partial charge in [-0.2, -0.15) is 10.5 Å². The number of hydrogen-bond acceptors (Lipinski definition) is 5. The molecule has 7 heteroatoms. The van der Waals surface area contributed by atoms with Crippen LogP contribution in [0, 0.1) is 47.8 Å². The number of nitriles is 2. The predicted molar refractivity (Wildman–Crippen MR) is 112 cm³/mol. The van der Waals surface area contributed by atoms with E-state index in [0.29, 0.717) is 23.4 Å². The van der Waals surface area contributed by atoms with Crippen LogP contribution in [-0.2, 0) is 9.59 Å². The molecule has 6 nitrogen and oxygen atoms in total. The molecular weight excluding hydrogens is 384 g/mol. The second-order valence-electron chi connectivity index (χ2n) is 7.74. The Labute approximate surface area is 175 Å². The third-order valence-electron chi connectivity index (χ3n) is 5.77. The maximum absolute atomic E-state index is 12.6. The topological polar surface area (TPSA) is 106 Å². The lowest BCUT2D eigenvalue weighted by Crippen LogP contribution is -2.48. The first-order valence-corrected chi connectivity index (χ1v) is 10.7. The number of thioether (sulfide) groups is 1. The second kappa shape index (κ2) is 8.71. The van der Waals surface area contributed by atoms with E-state index in [-0.39, 0.29) is 17.6 Å². The molecular formula is C22H24N4O2S. The summed E-state index contributed by atoms with van der Waals surface area (Å²) in [7, 11) is 0. The molecule has 1 atom stereocenters. The Bertz CT molecular complexity index is 949. The van der Waals surface area contributed by atoms with E-state index < -0.39 is 11.3 Å². The van der Waals surface area contributed by atoms with Gasteiger partial charge in [-0.05, 0) is 38.3 Å². The lowest BCUT2D eigenvalue weighted by molar-refractivity contribution is -0.126. The van der Waals surface area contributed by atoms with Crippen molar-refractivity contribution < 1.29 is 9.59 Å². The number of benzene rings is 1. The minimum atomic E-state index is -0.856. The zero-order valence-electron chi connectivity index (χ0n) is 16.7. The number of nitrogens with one attached hydrogen (secondary N) is 2. The zero-order chi connectivity index (χ0) is 21.0. The molecule has 150 valence electrons. The van der Waals surface area contributed by atoms with E-state index in [0.717, 1.165) is 47.8 Å². The fourth-order valence-electron chi connectivity index (χ4n) is 4.32. The van der Waals surface area contributed by atoms with Crippen LogP contribution in [0.25, 0.3) is 0 Å². The summed E-state index contributed by atoms with van der Waals surface area (Å²) in [4.78, 5) is 25.0. The van der Waals surface area contributed by atoms with E-state index in [2.05, 4.69) is 22.8 Å². The largest absolute Gasteiger partial charge is 0.325 e. The summed E-state index contributed by atoms with van der Waals surface area (Å²) in [6.07, 6.45) is 4.13. The van der Waals surface area contributed by atoms with Gasteiger partial charge in [0, 0.05) is 11.1 Å². The highest BCUT2D eigenvalue weighted by atomic mass is 32.2. The number of carbonyl (C=O) groups is 2. The highest BCUT2D eigenvalue weighted by Gasteiger charge is 2.51. The molecule has 3 rings (SSSR count). The maximum Gasteiger partial charge on any atom is 0.243 e. The zero-order valence-corrected chi connectivity index (χ0v) is 17.5. The van der Waals surface area contributed by atoms with Gasteiger partial charge in [0.2, 0.25) is 11.8 Å². The summed E-state index contributed by atoms with van der Waals surface area (Å²) in [5.41, 5.74) is 2.57. The third-order valence-corrected chi connectivity index (χ3v) is 6.77. The quantitative estimate of drug-likeness (QED) is 0.785. The molecule has 1 aromatic carbocycles. The van der Waals surface area contributed by atoms with Crippen molar-refractivity contribution in [3.8, 4) is 12.1 Å². The monoisotopic (exact) mass is 408 g/mol. The first kappa shape index (κ1) is 21.0. The van der Waals surface area contributed by atoms with Crippen molar-refractivity contribution in [1.82, 2.24) is 5.32 Å². The molecule has 1 aliphatic carbocycles. The lowest BCUT2D eigenvalue weighted by Gasteiger charge is -2.43. The Hall–Kier alpha value is -2.77. The van der Waals surface area contributed by atoms with E-state index in [1.165, 1.54) is 0 Å². The molecule has 0 bridgehead atoms. The number of amides is 2. The summed E-state index contributed by atoms with van der Waals surface area (Å²) in [6.45, 7) is 3.92. The van der Waals surface area contributed by atoms with Crippen molar-refractivity contribution in [2.45, 2.75) is 46.0 Å². The predicted octanol–water partition coefficient (Wildman–Crippen LogP) is 3.93. The van der Waals surface area contributed by atoms with Crippen LogP contribution in [0.15, 0.2) is 28.8 Å². The van der Waals surface area contributed by atoms with E-state index in [1.807, 2.05) is 32.0 Å². The number of allylic oxidation sites excluding steroid dienone is 1. The van der Waals surface area contributed by atoms with Crippen molar-refractivity contribution >= 4 is 29.3 Å². The highest BCUT2D eigenvalue weighted by Crippen LogP contribution is 2.51. The van der Waals surface area contributed by atoms with E-state index in [4.69, 9.17) is 0 Å². The molecule has 2 amide bonds. The number of rotatable bonds is 4. The Balaban J connectivity index is 1.79. The van der Waals surface area contributed by atoms with Crippen LogP contribution in [0.3, 0.4) is 0 Å². The fourth-order valence-corrected chi connectivity index (χ4v) is 5.23. The molecule has 1 aromatic rings. The van der Waals surface area contributed by atoms with Crippen LogP contribution in [0.1, 0.15) is 43.2 Å². The van der Waals surface area contributed by atoms with Crippen molar-refractivity contribution in [1.29, 1.82) is 10.5 Å². The minimum absolute atomic E-state index is 0.0708. The number of carbonyl (C=O) groups excluding carboxylic acids is 2. The molecule has 0 radical (unpaired) electrons. The van der Waals surface area contributed by atoms with Crippen LogP contribution < -0.4 is 10.6 Å². The van der Waals surface area contributed by atoms with Crippen LogP contribution in [-0.4, -0.2) is 17.6 Å². The number of anilines is 1. The average molecular weight is 409 g/mol. The summed E-state index contributed by atoms with van der Waals surface area (Å²) in [5, 5.41) is 25.5. The number of aryl methyl sites for hydroxylation is 2. The van der Waals surface area contributed by atoms with Crippen LogP contribution in [0.2, 0.25) is 0 Å². The molecule has 1 aliphatic heterocycles. The normalized spacial score (nSPS) is 20.6. The number of nitrogens with zero attached hydrogens (tertiary/aromatic N) is 2. The molecule has 0 saturated heterocycles. The third kappa shape index (κ3) is 4.16. The fraction of sp³-hybridized carbons (Fsp3) is 0.455. The Morgan fingerprint density at radius 2 is 2.00 bits per heavy atom. The Morgan fingerprint density at radius 1 is 1.28 bits per heavy atom. The van der Waals surface area contributed by atoms with E-state index >= 15 is 0 Å². The van der Waals surface area contributed by atoms with Gasteiger partial charge in [-0.3, -0.25) is 9.59 Å². The SMILES string of the molecule is Cc1ccc(NC(=O)CSC2=C(C#N)C3(CCCCC3)C(C#N)C(=O)N2)c(C)c1. The molecule has 1 saturated carbocycles. The first-order valence-electron chi connectivity index (χ1n) is 9.76. The van der Waals surface area contributed by atoms with Crippen LogP contribution >= 0.6 is 11.8 Å². The molecule has 1 unspecified atom stereocenters. The van der Waals surface area contributed by atoms with Gasteiger partial charge in [-0.25, -0.2) is 0 Å². The molecule has 29 heavy (non-hydrogen) atoms. The maximum atomic E-state index is 12.6. The second-order valence-corrected chi connectivity index (χ2v) is 8.72. The van der Waals surface area contributed by atoms with Crippen LogP contribution in [0.4, 0.5) is 5.69 Å². The van der Waals surface area contributed by atoms with Gasteiger partial charge in [0.15, 0.2) is 0 Å². The molecule has 1 fully saturated rings. The smallest absolute Gasteiger partial charge is 0.243 e. The number of hydrogen-bond donors (Lipinski definition) is 2. The summed E-state index contributed by atoms with van der Waals surface area (Å²) < 4.78 is 0. The van der Waals surface area contributed by atoms with Crippen molar-refractivity contribution in [2.24, 2.45) is 11.3 Å². The van der Waals surface area contributed by atoms with Gasteiger partial charge in [0.05, 0.1) is 28.5 Å². The van der Waals surface area contributed by atoms with E-state index in [9.17, 15) is 20.1 Å². The lowest BCUT2D eigenvalue weighted by atomic mass is 9.61. The Morgan fingerprint density at radius 3 is 2.62 bits per heavy atom. The summed E-state index contributed by atoms with van der Waals surface area (Å²) in [6, 6.07) is 10.2. The van der Waals surface area contributed by atoms with E-state index in [1.54, 1.807) is 0 Å². The van der Waals surface area contributed by atoms with Gasteiger partial charge in [-0.1, -0.05) is 48.7 Å². The van der Waals surface area contributed by atoms with Gasteiger partial charge in [0.1, 0.15) is 5.92 Å². The first-order chi connectivity index (χ1) is 13.9. The average Bonchev–Trinajstić information content (AvgIpc) is 2.69. The Kier molecular flexibility index (Phi) is 6.30. The van der Waals surface area contributed by atoms with Gasteiger partial charge >= 0.3 is 0 Å².